The molecule has 0 aliphatic rings. The molecule has 0 saturated carbocycles. The van der Waals surface area contributed by atoms with Crippen molar-refractivity contribution >= 4 is 27.4 Å². The van der Waals surface area contributed by atoms with Crippen LogP contribution in [0.15, 0.2) is 34.9 Å². The zero-order valence-electron chi connectivity index (χ0n) is 10.6. The number of benzene rings is 1. The normalized spacial score (nSPS) is 10.3. The van der Waals surface area contributed by atoms with E-state index < -0.39 is 4.92 Å². The number of anilines is 1. The van der Waals surface area contributed by atoms with Gasteiger partial charge in [-0.25, -0.2) is 9.37 Å². The van der Waals surface area contributed by atoms with Crippen LogP contribution in [0.1, 0.15) is 11.1 Å². The van der Waals surface area contributed by atoms with Crippen LogP contribution in [0.4, 0.5) is 15.9 Å². The van der Waals surface area contributed by atoms with E-state index in [0.717, 1.165) is 4.47 Å². The Labute approximate surface area is 123 Å². The van der Waals surface area contributed by atoms with E-state index in [4.69, 9.17) is 0 Å². The molecule has 0 saturated heterocycles. The van der Waals surface area contributed by atoms with E-state index in [0.29, 0.717) is 16.9 Å². The molecule has 0 aliphatic carbocycles. The van der Waals surface area contributed by atoms with Crippen LogP contribution in [0.25, 0.3) is 0 Å². The Hall–Kier alpha value is -2.02. The monoisotopic (exact) mass is 339 g/mol. The lowest BCUT2D eigenvalue weighted by Crippen LogP contribution is -2.04. The van der Waals surface area contributed by atoms with Crippen molar-refractivity contribution in [3.05, 3.63) is 62.0 Å². The molecule has 2 aromatic rings. The predicted molar refractivity (Wildman–Crippen MR) is 77.1 cm³/mol. The molecule has 1 heterocycles. The topological polar surface area (TPSA) is 68.1 Å². The van der Waals surface area contributed by atoms with Gasteiger partial charge < -0.3 is 5.32 Å². The van der Waals surface area contributed by atoms with Gasteiger partial charge in [0.15, 0.2) is 0 Å². The summed E-state index contributed by atoms with van der Waals surface area (Å²) in [5.41, 5.74) is 0.948. The molecule has 0 unspecified atom stereocenters. The predicted octanol–water partition coefficient (Wildman–Crippen LogP) is 3.81. The van der Waals surface area contributed by atoms with E-state index in [1.165, 1.54) is 12.3 Å². The molecule has 0 radical (unpaired) electrons. The Morgan fingerprint density at radius 3 is 2.85 bits per heavy atom. The molecule has 0 fully saturated rings. The fourth-order valence-corrected chi connectivity index (χ4v) is 2.11. The molecule has 0 bridgehead atoms. The maximum absolute atomic E-state index is 13.6. The quantitative estimate of drug-likeness (QED) is 0.679. The van der Waals surface area contributed by atoms with Crippen molar-refractivity contribution in [2.45, 2.75) is 13.5 Å². The third-order valence-corrected chi connectivity index (χ3v) is 3.24. The Kier molecular flexibility index (Phi) is 4.29. The van der Waals surface area contributed by atoms with Gasteiger partial charge in [0.25, 0.3) is 5.69 Å². The Balaban J connectivity index is 2.13. The standard InChI is InChI=1S/C13H11BrFN3O2/c1-8-4-13(17-7-12(8)18(19)20)16-6-9-5-10(14)2-3-11(9)15/h2-5,7H,6H2,1H3,(H,16,17). The van der Waals surface area contributed by atoms with Crippen LogP contribution < -0.4 is 5.32 Å². The summed E-state index contributed by atoms with van der Waals surface area (Å²) in [7, 11) is 0. The van der Waals surface area contributed by atoms with Gasteiger partial charge in [0.2, 0.25) is 0 Å². The van der Waals surface area contributed by atoms with Crippen LogP contribution in [-0.4, -0.2) is 9.91 Å². The van der Waals surface area contributed by atoms with Crippen molar-refractivity contribution in [3.8, 4) is 0 Å². The van der Waals surface area contributed by atoms with Gasteiger partial charge in [0, 0.05) is 22.1 Å². The summed E-state index contributed by atoms with van der Waals surface area (Å²) in [6, 6.07) is 6.22. The number of aromatic nitrogens is 1. The minimum absolute atomic E-state index is 0.0378. The Morgan fingerprint density at radius 2 is 2.20 bits per heavy atom. The minimum atomic E-state index is -0.486. The number of nitrogens with zero attached hydrogens (tertiary/aromatic N) is 2. The molecular weight excluding hydrogens is 329 g/mol. The summed E-state index contributed by atoms with van der Waals surface area (Å²) in [5, 5.41) is 13.6. The minimum Gasteiger partial charge on any atom is -0.366 e. The first kappa shape index (κ1) is 14.4. The molecule has 5 nitrogen and oxygen atoms in total. The van der Waals surface area contributed by atoms with Gasteiger partial charge in [-0.05, 0) is 31.2 Å². The number of aryl methyl sites for hydroxylation is 1. The van der Waals surface area contributed by atoms with Gasteiger partial charge in [-0.1, -0.05) is 15.9 Å². The van der Waals surface area contributed by atoms with Crippen molar-refractivity contribution in [2.24, 2.45) is 0 Å². The van der Waals surface area contributed by atoms with E-state index >= 15 is 0 Å². The number of pyridine rings is 1. The van der Waals surface area contributed by atoms with E-state index in [9.17, 15) is 14.5 Å². The van der Waals surface area contributed by atoms with E-state index in [1.54, 1.807) is 25.1 Å². The smallest absolute Gasteiger partial charge is 0.290 e. The maximum Gasteiger partial charge on any atom is 0.290 e. The SMILES string of the molecule is Cc1cc(NCc2cc(Br)ccc2F)ncc1[N+](=O)[O-]. The molecule has 1 aromatic heterocycles. The lowest BCUT2D eigenvalue weighted by Gasteiger charge is -2.08. The third kappa shape index (κ3) is 3.30. The maximum atomic E-state index is 13.6. The summed E-state index contributed by atoms with van der Waals surface area (Å²) >= 11 is 3.27. The third-order valence-electron chi connectivity index (χ3n) is 2.75. The average Bonchev–Trinajstić information content (AvgIpc) is 2.39. The number of nitro groups is 1. The summed E-state index contributed by atoms with van der Waals surface area (Å²) in [6.07, 6.45) is 1.19. The molecule has 20 heavy (non-hydrogen) atoms. The molecule has 0 atom stereocenters. The van der Waals surface area contributed by atoms with Crippen LogP contribution in [-0.2, 0) is 6.54 Å². The summed E-state index contributed by atoms with van der Waals surface area (Å²) < 4.78 is 14.3. The molecule has 0 amide bonds. The molecule has 0 spiro atoms. The van der Waals surface area contributed by atoms with Crippen molar-refractivity contribution in [3.63, 3.8) is 0 Å². The highest BCUT2D eigenvalue weighted by Crippen LogP contribution is 2.20. The highest BCUT2D eigenvalue weighted by atomic mass is 79.9. The molecule has 7 heteroatoms. The average molecular weight is 340 g/mol. The van der Waals surface area contributed by atoms with Gasteiger partial charge in [0.1, 0.15) is 17.8 Å². The second-order valence-corrected chi connectivity index (χ2v) is 5.12. The first-order chi connectivity index (χ1) is 9.47. The van der Waals surface area contributed by atoms with E-state index in [1.807, 2.05) is 0 Å². The van der Waals surface area contributed by atoms with Crippen LogP contribution in [0.3, 0.4) is 0 Å². The second kappa shape index (κ2) is 5.96. The highest BCUT2D eigenvalue weighted by molar-refractivity contribution is 9.10. The van der Waals surface area contributed by atoms with Crippen molar-refractivity contribution in [1.29, 1.82) is 0 Å². The number of hydrogen-bond acceptors (Lipinski definition) is 4. The summed E-state index contributed by atoms with van der Waals surface area (Å²) in [5.74, 6) is 0.145. The van der Waals surface area contributed by atoms with Gasteiger partial charge in [-0.15, -0.1) is 0 Å². The summed E-state index contributed by atoms with van der Waals surface area (Å²) in [4.78, 5) is 14.1. The fourth-order valence-electron chi connectivity index (χ4n) is 1.70. The van der Waals surface area contributed by atoms with Gasteiger partial charge >= 0.3 is 0 Å². The number of nitrogens with one attached hydrogen (secondary N) is 1. The fraction of sp³-hybridized carbons (Fsp3) is 0.154. The molecular formula is C13H11BrFN3O2. The Morgan fingerprint density at radius 1 is 1.45 bits per heavy atom. The zero-order valence-corrected chi connectivity index (χ0v) is 12.1. The lowest BCUT2D eigenvalue weighted by atomic mass is 10.2. The number of halogens is 2. The highest BCUT2D eigenvalue weighted by Gasteiger charge is 2.11. The van der Waals surface area contributed by atoms with Crippen LogP contribution in [0.2, 0.25) is 0 Å². The van der Waals surface area contributed by atoms with Crippen molar-refractivity contribution < 1.29 is 9.31 Å². The van der Waals surface area contributed by atoms with E-state index in [2.05, 4.69) is 26.2 Å². The van der Waals surface area contributed by atoms with Crippen molar-refractivity contribution in [1.82, 2.24) is 4.98 Å². The molecule has 1 aromatic carbocycles. The molecule has 0 aliphatic heterocycles. The number of hydrogen-bond donors (Lipinski definition) is 1. The molecule has 1 N–H and O–H groups in total. The van der Waals surface area contributed by atoms with Crippen LogP contribution in [0, 0.1) is 22.9 Å². The van der Waals surface area contributed by atoms with Crippen LogP contribution >= 0.6 is 15.9 Å². The lowest BCUT2D eigenvalue weighted by molar-refractivity contribution is -0.385. The molecule has 104 valence electrons. The van der Waals surface area contributed by atoms with Gasteiger partial charge in [0.05, 0.1) is 4.92 Å². The van der Waals surface area contributed by atoms with Gasteiger partial charge in [-0.2, -0.15) is 0 Å². The first-order valence-electron chi connectivity index (χ1n) is 5.76. The van der Waals surface area contributed by atoms with Gasteiger partial charge in [-0.3, -0.25) is 10.1 Å². The summed E-state index contributed by atoms with van der Waals surface area (Å²) in [6.45, 7) is 1.88. The first-order valence-corrected chi connectivity index (χ1v) is 6.55. The molecule has 2 rings (SSSR count). The number of rotatable bonds is 4. The second-order valence-electron chi connectivity index (χ2n) is 4.20. The zero-order chi connectivity index (χ0) is 14.7. The van der Waals surface area contributed by atoms with E-state index in [-0.39, 0.29) is 18.0 Å². The largest absolute Gasteiger partial charge is 0.366 e. The van der Waals surface area contributed by atoms with Crippen molar-refractivity contribution in [2.75, 3.05) is 5.32 Å². The Bertz CT molecular complexity index is 664. The van der Waals surface area contributed by atoms with Crippen LogP contribution in [0.5, 0.6) is 0 Å².